The number of carbonyl (C=O) groups is 3. The minimum atomic E-state index is -1.05. The number of urea groups is 1. The van der Waals surface area contributed by atoms with Gasteiger partial charge < -0.3 is 25.0 Å². The lowest BCUT2D eigenvalue weighted by Gasteiger charge is -2.34. The summed E-state index contributed by atoms with van der Waals surface area (Å²) in [6, 6.07) is -1.33. The summed E-state index contributed by atoms with van der Waals surface area (Å²) < 4.78 is 4.89. The maximum atomic E-state index is 12.0. The lowest BCUT2D eigenvalue weighted by Crippen LogP contribution is -2.56. The van der Waals surface area contributed by atoms with Crippen LogP contribution in [0.25, 0.3) is 0 Å². The molecule has 1 aliphatic heterocycles. The third kappa shape index (κ3) is 4.80. The first-order chi connectivity index (χ1) is 9.86. The molecule has 0 aromatic rings. The number of hydrogen-bond donors (Lipinski definition) is 2. The summed E-state index contributed by atoms with van der Waals surface area (Å²) in [5.74, 6) is -1.25. The number of nitrogens with zero attached hydrogens (tertiary/aromatic N) is 2. The Hall–Kier alpha value is -1.99. The van der Waals surface area contributed by atoms with E-state index in [1.807, 2.05) is 0 Å². The maximum Gasteiger partial charge on any atom is 0.409 e. The summed E-state index contributed by atoms with van der Waals surface area (Å²) in [6.07, 6.45) is -0.386. The highest BCUT2D eigenvalue weighted by Gasteiger charge is 2.29. The fraction of sp³-hybridized carbons (Fsp3) is 0.769. The summed E-state index contributed by atoms with van der Waals surface area (Å²) in [6.45, 7) is 6.99. The predicted octanol–water partition coefficient (Wildman–Crippen LogP) is 0.579. The normalized spacial score (nSPS) is 16.6. The van der Waals surface area contributed by atoms with E-state index in [1.165, 1.54) is 9.80 Å². The van der Waals surface area contributed by atoms with E-state index in [0.717, 1.165) is 0 Å². The van der Waals surface area contributed by atoms with Crippen LogP contribution in [-0.4, -0.2) is 71.8 Å². The molecule has 0 aliphatic carbocycles. The van der Waals surface area contributed by atoms with Crippen molar-refractivity contribution >= 4 is 18.1 Å². The Morgan fingerprint density at radius 2 is 1.67 bits per heavy atom. The molecular formula is C13H23N3O5. The van der Waals surface area contributed by atoms with Crippen molar-refractivity contribution in [1.82, 2.24) is 15.1 Å². The first-order valence-corrected chi connectivity index (χ1v) is 7.06. The second-order valence-corrected chi connectivity index (χ2v) is 5.18. The van der Waals surface area contributed by atoms with E-state index in [2.05, 4.69) is 5.32 Å². The quantitative estimate of drug-likeness (QED) is 0.791. The number of hydrogen-bond acceptors (Lipinski definition) is 4. The second-order valence-electron chi connectivity index (χ2n) is 5.18. The molecule has 1 atom stereocenters. The van der Waals surface area contributed by atoms with Gasteiger partial charge in [0.2, 0.25) is 0 Å². The van der Waals surface area contributed by atoms with Crippen molar-refractivity contribution in [3.63, 3.8) is 0 Å². The standard InChI is InChI=1S/C13H23N3O5/c1-4-21-13(20)16-7-5-15(6-8-16)12(19)14-10(9(2)3)11(17)18/h9-10H,4-8H2,1-3H3,(H,14,19)(H,17,18)/t10-/m1/s1. The Bertz CT molecular complexity index is 391. The highest BCUT2D eigenvalue weighted by molar-refractivity contribution is 5.83. The molecular weight excluding hydrogens is 278 g/mol. The maximum absolute atomic E-state index is 12.0. The molecule has 1 fully saturated rings. The number of carboxylic acid groups (broad SMARTS) is 1. The Balaban J connectivity index is 2.48. The van der Waals surface area contributed by atoms with Crippen LogP contribution in [0.1, 0.15) is 20.8 Å². The molecule has 2 N–H and O–H groups in total. The fourth-order valence-corrected chi connectivity index (χ4v) is 2.04. The molecule has 0 spiro atoms. The SMILES string of the molecule is CCOC(=O)N1CCN(C(=O)N[C@@H](C(=O)O)C(C)C)CC1. The van der Waals surface area contributed by atoms with Crippen LogP contribution in [0.5, 0.6) is 0 Å². The zero-order valence-electron chi connectivity index (χ0n) is 12.7. The average Bonchev–Trinajstić information content (AvgIpc) is 2.44. The van der Waals surface area contributed by atoms with E-state index < -0.39 is 18.0 Å². The smallest absolute Gasteiger partial charge is 0.409 e. The van der Waals surface area contributed by atoms with E-state index in [9.17, 15) is 14.4 Å². The van der Waals surface area contributed by atoms with Gasteiger partial charge in [-0.25, -0.2) is 14.4 Å². The largest absolute Gasteiger partial charge is 0.480 e. The van der Waals surface area contributed by atoms with E-state index in [-0.39, 0.29) is 12.0 Å². The molecule has 0 aromatic heterocycles. The van der Waals surface area contributed by atoms with Gasteiger partial charge in [0, 0.05) is 26.2 Å². The van der Waals surface area contributed by atoms with E-state index >= 15 is 0 Å². The first kappa shape index (κ1) is 17.1. The molecule has 8 heteroatoms. The van der Waals surface area contributed by atoms with Crippen molar-refractivity contribution in [3.8, 4) is 0 Å². The Kier molecular flexibility index (Phi) is 6.26. The van der Waals surface area contributed by atoms with Crippen molar-refractivity contribution in [2.45, 2.75) is 26.8 Å². The molecule has 0 unspecified atom stereocenters. The number of aliphatic carboxylic acids is 1. The highest BCUT2D eigenvalue weighted by atomic mass is 16.6. The molecule has 3 amide bonds. The summed E-state index contributed by atoms with van der Waals surface area (Å²) >= 11 is 0. The molecule has 1 aliphatic rings. The summed E-state index contributed by atoms with van der Waals surface area (Å²) in [4.78, 5) is 37.7. The molecule has 1 rings (SSSR count). The third-order valence-electron chi connectivity index (χ3n) is 3.30. The van der Waals surface area contributed by atoms with Crippen LogP contribution >= 0.6 is 0 Å². The molecule has 21 heavy (non-hydrogen) atoms. The van der Waals surface area contributed by atoms with Crippen molar-refractivity contribution in [1.29, 1.82) is 0 Å². The number of piperazine rings is 1. The highest BCUT2D eigenvalue weighted by Crippen LogP contribution is 2.07. The van der Waals surface area contributed by atoms with Gasteiger partial charge in [0.05, 0.1) is 6.61 Å². The molecule has 0 radical (unpaired) electrons. The number of rotatable bonds is 4. The topological polar surface area (TPSA) is 99.2 Å². The lowest BCUT2D eigenvalue weighted by molar-refractivity contribution is -0.140. The number of ether oxygens (including phenoxy) is 1. The second kappa shape index (κ2) is 7.70. The molecule has 0 aromatic carbocycles. The summed E-state index contributed by atoms with van der Waals surface area (Å²) in [5, 5.41) is 11.6. The number of nitrogens with one attached hydrogen (secondary N) is 1. The van der Waals surface area contributed by atoms with Crippen LogP contribution in [0.15, 0.2) is 0 Å². The molecule has 1 heterocycles. The average molecular weight is 301 g/mol. The van der Waals surface area contributed by atoms with Crippen molar-refractivity contribution < 1.29 is 24.2 Å². The van der Waals surface area contributed by atoms with E-state index in [1.54, 1.807) is 20.8 Å². The zero-order chi connectivity index (χ0) is 16.0. The van der Waals surface area contributed by atoms with Crippen molar-refractivity contribution in [3.05, 3.63) is 0 Å². The van der Waals surface area contributed by atoms with Gasteiger partial charge in [-0.2, -0.15) is 0 Å². The van der Waals surface area contributed by atoms with Gasteiger partial charge in [0.15, 0.2) is 0 Å². The predicted molar refractivity (Wildman–Crippen MR) is 75.0 cm³/mol. The molecule has 0 bridgehead atoms. The van der Waals surface area contributed by atoms with Gasteiger partial charge in [-0.05, 0) is 12.8 Å². The lowest BCUT2D eigenvalue weighted by atomic mass is 10.1. The van der Waals surface area contributed by atoms with Gasteiger partial charge in [-0.15, -0.1) is 0 Å². The van der Waals surface area contributed by atoms with Crippen molar-refractivity contribution in [2.75, 3.05) is 32.8 Å². The third-order valence-corrected chi connectivity index (χ3v) is 3.30. The Morgan fingerprint density at radius 1 is 1.14 bits per heavy atom. The molecule has 0 saturated carbocycles. The van der Waals surface area contributed by atoms with Gasteiger partial charge in [-0.1, -0.05) is 13.8 Å². The van der Waals surface area contributed by atoms with Gasteiger partial charge >= 0.3 is 18.1 Å². The Morgan fingerprint density at radius 3 is 2.10 bits per heavy atom. The summed E-state index contributed by atoms with van der Waals surface area (Å²) in [5.41, 5.74) is 0. The van der Waals surface area contributed by atoms with Crippen molar-refractivity contribution in [2.24, 2.45) is 5.92 Å². The minimum Gasteiger partial charge on any atom is -0.480 e. The molecule has 120 valence electrons. The minimum absolute atomic E-state index is 0.202. The van der Waals surface area contributed by atoms with Crippen LogP contribution in [0.4, 0.5) is 9.59 Å². The van der Waals surface area contributed by atoms with Gasteiger partial charge in [0.1, 0.15) is 6.04 Å². The molecule has 8 nitrogen and oxygen atoms in total. The zero-order valence-corrected chi connectivity index (χ0v) is 12.7. The van der Waals surface area contributed by atoms with Crippen LogP contribution in [0.3, 0.4) is 0 Å². The number of carboxylic acids is 1. The van der Waals surface area contributed by atoms with Crippen LogP contribution in [0.2, 0.25) is 0 Å². The van der Waals surface area contributed by atoms with Crippen LogP contribution in [-0.2, 0) is 9.53 Å². The fourth-order valence-electron chi connectivity index (χ4n) is 2.04. The van der Waals surface area contributed by atoms with Gasteiger partial charge in [-0.3, -0.25) is 0 Å². The summed E-state index contributed by atoms with van der Waals surface area (Å²) in [7, 11) is 0. The van der Waals surface area contributed by atoms with Crippen LogP contribution in [0, 0.1) is 5.92 Å². The van der Waals surface area contributed by atoms with Gasteiger partial charge in [0.25, 0.3) is 0 Å². The van der Waals surface area contributed by atoms with E-state index in [0.29, 0.717) is 32.8 Å². The number of amides is 3. The monoisotopic (exact) mass is 301 g/mol. The molecule has 1 saturated heterocycles. The Labute approximate surface area is 124 Å². The number of carbonyl (C=O) groups excluding carboxylic acids is 2. The van der Waals surface area contributed by atoms with Crippen LogP contribution < -0.4 is 5.32 Å². The first-order valence-electron chi connectivity index (χ1n) is 7.06. The van der Waals surface area contributed by atoms with E-state index in [4.69, 9.17) is 9.84 Å².